The number of rotatable bonds is 2. The zero-order valence-electron chi connectivity index (χ0n) is 10.0. The number of ether oxygens (including phenoxy) is 1. The van der Waals surface area contributed by atoms with Gasteiger partial charge in [-0.05, 0) is 24.6 Å². The van der Waals surface area contributed by atoms with Gasteiger partial charge in [0.05, 0.1) is 13.2 Å². The van der Waals surface area contributed by atoms with Gasteiger partial charge in [-0.2, -0.15) is 0 Å². The fourth-order valence-corrected chi connectivity index (χ4v) is 1.63. The molecule has 1 heterocycles. The lowest BCUT2D eigenvalue weighted by atomic mass is 10.2. The van der Waals surface area contributed by atoms with Crippen molar-refractivity contribution in [1.29, 1.82) is 0 Å². The van der Waals surface area contributed by atoms with Crippen LogP contribution < -0.4 is 10.6 Å². The molecule has 0 aromatic heterocycles. The molecule has 2 N–H and O–H groups in total. The van der Waals surface area contributed by atoms with E-state index in [0.717, 1.165) is 0 Å². The number of hydrogen-bond acceptors (Lipinski definition) is 3. The van der Waals surface area contributed by atoms with Crippen molar-refractivity contribution in [1.82, 2.24) is 5.32 Å². The van der Waals surface area contributed by atoms with Crippen molar-refractivity contribution < 1.29 is 13.9 Å². The van der Waals surface area contributed by atoms with Gasteiger partial charge in [0.1, 0.15) is 11.9 Å². The smallest absolute Gasteiger partial charge is 0.243 e. The fraction of sp³-hybridized carbons (Fsp3) is 0.417. The van der Waals surface area contributed by atoms with Crippen molar-refractivity contribution in [2.75, 3.05) is 25.1 Å². The Morgan fingerprint density at radius 3 is 2.94 bits per heavy atom. The number of carbonyl (C=O) groups excluding carboxylic acids is 1. The Balaban J connectivity index is 0.00000162. The number of benzene rings is 1. The number of hydrogen-bond donors (Lipinski definition) is 2. The van der Waals surface area contributed by atoms with E-state index in [2.05, 4.69) is 10.6 Å². The number of anilines is 1. The Labute approximate surface area is 111 Å². The predicted molar refractivity (Wildman–Crippen MR) is 69.6 cm³/mol. The molecule has 2 rings (SSSR count). The molecule has 1 aromatic carbocycles. The maximum absolute atomic E-state index is 13.3. The Bertz CT molecular complexity index is 423. The van der Waals surface area contributed by atoms with Gasteiger partial charge in [0, 0.05) is 12.2 Å². The molecule has 1 atom stereocenters. The van der Waals surface area contributed by atoms with Crippen LogP contribution in [0.3, 0.4) is 0 Å². The molecule has 100 valence electrons. The van der Waals surface area contributed by atoms with E-state index in [0.29, 0.717) is 31.0 Å². The minimum Gasteiger partial charge on any atom is -0.378 e. The molecule has 1 unspecified atom stereocenters. The van der Waals surface area contributed by atoms with Crippen LogP contribution in [0.15, 0.2) is 18.2 Å². The molecule has 18 heavy (non-hydrogen) atoms. The van der Waals surface area contributed by atoms with E-state index in [9.17, 15) is 9.18 Å². The maximum Gasteiger partial charge on any atom is 0.243 e. The Kier molecular flexibility index (Phi) is 5.53. The van der Waals surface area contributed by atoms with Gasteiger partial charge >= 0.3 is 0 Å². The van der Waals surface area contributed by atoms with Crippen molar-refractivity contribution in [2.45, 2.75) is 13.0 Å². The van der Waals surface area contributed by atoms with Crippen LogP contribution in [-0.4, -0.2) is 31.7 Å². The summed E-state index contributed by atoms with van der Waals surface area (Å²) >= 11 is 0. The third kappa shape index (κ3) is 3.66. The van der Waals surface area contributed by atoms with Crippen molar-refractivity contribution in [3.63, 3.8) is 0 Å². The van der Waals surface area contributed by atoms with Crippen molar-refractivity contribution in [3.8, 4) is 0 Å². The van der Waals surface area contributed by atoms with Gasteiger partial charge in [-0.25, -0.2) is 4.39 Å². The predicted octanol–water partition coefficient (Wildman–Crippen LogP) is 1.48. The zero-order valence-corrected chi connectivity index (χ0v) is 10.8. The van der Waals surface area contributed by atoms with Crippen LogP contribution in [0, 0.1) is 12.7 Å². The Hall–Kier alpha value is -1.17. The van der Waals surface area contributed by atoms with Gasteiger partial charge in [0.2, 0.25) is 5.91 Å². The van der Waals surface area contributed by atoms with Crippen LogP contribution in [0.2, 0.25) is 0 Å². The first-order chi connectivity index (χ1) is 8.16. The molecule has 0 aliphatic carbocycles. The van der Waals surface area contributed by atoms with E-state index in [4.69, 9.17) is 4.74 Å². The average molecular weight is 275 g/mol. The van der Waals surface area contributed by atoms with Crippen LogP contribution in [0.5, 0.6) is 0 Å². The van der Waals surface area contributed by atoms with E-state index in [1.54, 1.807) is 19.1 Å². The minimum absolute atomic E-state index is 0. The SMILES string of the molecule is Cc1ccc(NC(=O)C2COCCN2)cc1F.Cl. The van der Waals surface area contributed by atoms with Gasteiger partial charge in [-0.3, -0.25) is 4.79 Å². The third-order valence-electron chi connectivity index (χ3n) is 2.68. The lowest BCUT2D eigenvalue weighted by Crippen LogP contribution is -2.48. The summed E-state index contributed by atoms with van der Waals surface area (Å²) in [6.07, 6.45) is 0. The first-order valence-electron chi connectivity index (χ1n) is 5.55. The molecule has 0 spiro atoms. The fourth-order valence-electron chi connectivity index (χ4n) is 1.63. The second-order valence-electron chi connectivity index (χ2n) is 4.03. The highest BCUT2D eigenvalue weighted by Gasteiger charge is 2.21. The number of amides is 1. The molecular formula is C12H16ClFN2O2. The molecule has 4 nitrogen and oxygen atoms in total. The van der Waals surface area contributed by atoms with E-state index < -0.39 is 0 Å². The van der Waals surface area contributed by atoms with Crippen LogP contribution in [0.1, 0.15) is 5.56 Å². The van der Waals surface area contributed by atoms with Crippen LogP contribution >= 0.6 is 12.4 Å². The van der Waals surface area contributed by atoms with Gasteiger partial charge in [-0.15, -0.1) is 12.4 Å². The lowest BCUT2D eigenvalue weighted by molar-refractivity contribution is -0.120. The largest absolute Gasteiger partial charge is 0.378 e. The molecule has 1 fully saturated rings. The number of morpholine rings is 1. The first kappa shape index (κ1) is 14.9. The summed E-state index contributed by atoms with van der Waals surface area (Å²) in [6.45, 7) is 3.29. The lowest BCUT2D eigenvalue weighted by Gasteiger charge is -2.22. The molecule has 0 bridgehead atoms. The number of nitrogens with one attached hydrogen (secondary N) is 2. The molecule has 6 heteroatoms. The minimum atomic E-state index is -0.367. The van der Waals surface area contributed by atoms with Gasteiger partial charge in [-0.1, -0.05) is 6.07 Å². The molecule has 1 amide bonds. The van der Waals surface area contributed by atoms with E-state index >= 15 is 0 Å². The highest BCUT2D eigenvalue weighted by atomic mass is 35.5. The van der Waals surface area contributed by atoms with Gasteiger partial charge in [0.25, 0.3) is 0 Å². The summed E-state index contributed by atoms with van der Waals surface area (Å²) in [5.41, 5.74) is 1.02. The van der Waals surface area contributed by atoms with Gasteiger partial charge in [0.15, 0.2) is 0 Å². The van der Waals surface area contributed by atoms with Crippen LogP contribution in [0.25, 0.3) is 0 Å². The number of aryl methyl sites for hydroxylation is 1. The summed E-state index contributed by atoms with van der Waals surface area (Å²) in [5, 5.41) is 5.69. The average Bonchev–Trinajstić information content (AvgIpc) is 2.35. The van der Waals surface area contributed by atoms with Crippen LogP contribution in [0.4, 0.5) is 10.1 Å². The maximum atomic E-state index is 13.3. The van der Waals surface area contributed by atoms with E-state index in [1.807, 2.05) is 0 Å². The molecule has 1 aliphatic rings. The number of halogens is 2. The molecule has 1 saturated heterocycles. The molecule has 1 aliphatic heterocycles. The highest BCUT2D eigenvalue weighted by molar-refractivity contribution is 5.95. The number of carbonyl (C=O) groups is 1. The Morgan fingerprint density at radius 1 is 1.56 bits per heavy atom. The quantitative estimate of drug-likeness (QED) is 0.859. The summed E-state index contributed by atoms with van der Waals surface area (Å²) in [7, 11) is 0. The van der Waals surface area contributed by atoms with Crippen molar-refractivity contribution >= 4 is 24.0 Å². The first-order valence-corrected chi connectivity index (χ1v) is 5.55. The summed E-state index contributed by atoms with van der Waals surface area (Å²) < 4.78 is 18.5. The summed E-state index contributed by atoms with van der Waals surface area (Å²) in [5.74, 6) is -0.524. The van der Waals surface area contributed by atoms with Gasteiger partial charge < -0.3 is 15.4 Å². The summed E-state index contributed by atoms with van der Waals surface area (Å²) in [6, 6.07) is 4.26. The Morgan fingerprint density at radius 2 is 2.33 bits per heavy atom. The second-order valence-corrected chi connectivity index (χ2v) is 4.03. The van der Waals surface area contributed by atoms with E-state index in [1.165, 1.54) is 6.07 Å². The standard InChI is InChI=1S/C12H15FN2O2.ClH/c1-8-2-3-9(6-10(8)13)15-12(16)11-7-17-5-4-14-11;/h2-3,6,11,14H,4-5,7H2,1H3,(H,15,16);1H. The van der Waals surface area contributed by atoms with Crippen molar-refractivity contribution in [2.24, 2.45) is 0 Å². The second kappa shape index (κ2) is 6.68. The summed E-state index contributed by atoms with van der Waals surface area (Å²) in [4.78, 5) is 11.8. The highest BCUT2D eigenvalue weighted by Crippen LogP contribution is 2.13. The normalized spacial score (nSPS) is 18.9. The topological polar surface area (TPSA) is 50.4 Å². The molecule has 0 radical (unpaired) electrons. The molecule has 0 saturated carbocycles. The van der Waals surface area contributed by atoms with Crippen molar-refractivity contribution in [3.05, 3.63) is 29.6 Å². The van der Waals surface area contributed by atoms with Crippen LogP contribution in [-0.2, 0) is 9.53 Å². The molecular weight excluding hydrogens is 259 g/mol. The zero-order chi connectivity index (χ0) is 12.3. The molecule has 1 aromatic rings. The van der Waals surface area contributed by atoms with E-state index in [-0.39, 0.29) is 30.2 Å². The monoisotopic (exact) mass is 274 g/mol. The third-order valence-corrected chi connectivity index (χ3v) is 2.68.